The molecule has 1 atom stereocenters. The maximum Gasteiger partial charge on any atom is 0.227 e. The predicted octanol–water partition coefficient (Wildman–Crippen LogP) is 0.369. The van der Waals surface area contributed by atoms with Gasteiger partial charge in [0.15, 0.2) is 11.6 Å². The number of amides is 2. The predicted molar refractivity (Wildman–Crippen MR) is 57.7 cm³/mol. The van der Waals surface area contributed by atoms with Crippen LogP contribution in [-0.4, -0.2) is 23.5 Å². The van der Waals surface area contributed by atoms with Crippen LogP contribution in [0.15, 0.2) is 18.2 Å². The highest BCUT2D eigenvalue weighted by Gasteiger charge is 2.34. The van der Waals surface area contributed by atoms with Crippen LogP contribution in [0.2, 0.25) is 0 Å². The van der Waals surface area contributed by atoms with Crippen molar-refractivity contribution < 1.29 is 19.1 Å². The Morgan fingerprint density at radius 2 is 2.24 bits per heavy atom. The summed E-state index contributed by atoms with van der Waals surface area (Å²) in [6, 6.07) is 3.63. The van der Waals surface area contributed by atoms with Gasteiger partial charge in [-0.1, -0.05) is 0 Å². The molecule has 0 aromatic heterocycles. The molecule has 0 aliphatic carbocycles. The molecule has 1 aromatic carbocycles. The standard InChI is InChI=1S/C11H11FN2O3/c12-8-4-7(1-2-9(8)15)14-5-6(11(13)17)3-10(14)16/h1-2,4,6,15H,3,5H2,(H2,13,17). The van der Waals surface area contributed by atoms with Gasteiger partial charge in [-0.2, -0.15) is 0 Å². The highest BCUT2D eigenvalue weighted by molar-refractivity contribution is 6.00. The van der Waals surface area contributed by atoms with Crippen molar-refractivity contribution in [1.29, 1.82) is 0 Å². The summed E-state index contributed by atoms with van der Waals surface area (Å²) in [5, 5.41) is 9.04. The highest BCUT2D eigenvalue weighted by atomic mass is 19.1. The lowest BCUT2D eigenvalue weighted by atomic mass is 10.1. The minimum absolute atomic E-state index is 0.0395. The molecule has 2 amide bonds. The molecule has 1 unspecified atom stereocenters. The monoisotopic (exact) mass is 238 g/mol. The van der Waals surface area contributed by atoms with Gasteiger partial charge in [0.25, 0.3) is 0 Å². The Morgan fingerprint density at radius 1 is 1.53 bits per heavy atom. The van der Waals surface area contributed by atoms with Gasteiger partial charge in [0, 0.05) is 24.7 Å². The van der Waals surface area contributed by atoms with Crippen LogP contribution in [0.3, 0.4) is 0 Å². The summed E-state index contributed by atoms with van der Waals surface area (Å²) < 4.78 is 13.1. The SMILES string of the molecule is NC(=O)C1CC(=O)N(c2ccc(O)c(F)c2)C1. The fourth-order valence-corrected chi connectivity index (χ4v) is 1.81. The molecule has 1 aliphatic heterocycles. The Kier molecular flexibility index (Phi) is 2.71. The maximum absolute atomic E-state index is 13.1. The number of rotatable bonds is 2. The second-order valence-electron chi connectivity index (χ2n) is 3.94. The van der Waals surface area contributed by atoms with E-state index in [0.717, 1.165) is 12.1 Å². The van der Waals surface area contributed by atoms with Crippen molar-refractivity contribution in [2.24, 2.45) is 11.7 Å². The third-order valence-corrected chi connectivity index (χ3v) is 2.77. The van der Waals surface area contributed by atoms with Crippen molar-refractivity contribution in [2.75, 3.05) is 11.4 Å². The lowest BCUT2D eigenvalue weighted by Gasteiger charge is -2.16. The fraction of sp³-hybridized carbons (Fsp3) is 0.273. The number of carbonyl (C=O) groups is 2. The van der Waals surface area contributed by atoms with Gasteiger partial charge < -0.3 is 15.7 Å². The number of halogens is 1. The van der Waals surface area contributed by atoms with Crippen LogP contribution in [0.25, 0.3) is 0 Å². The van der Waals surface area contributed by atoms with Gasteiger partial charge in [0.2, 0.25) is 11.8 Å². The number of carbonyl (C=O) groups excluding carboxylic acids is 2. The van der Waals surface area contributed by atoms with Gasteiger partial charge in [-0.3, -0.25) is 9.59 Å². The Bertz CT molecular complexity index is 490. The van der Waals surface area contributed by atoms with Gasteiger partial charge in [-0.15, -0.1) is 0 Å². The van der Waals surface area contributed by atoms with E-state index in [0.29, 0.717) is 5.69 Å². The molecule has 17 heavy (non-hydrogen) atoms. The molecule has 1 aromatic rings. The number of anilines is 1. The zero-order valence-corrected chi connectivity index (χ0v) is 8.89. The van der Waals surface area contributed by atoms with Crippen molar-refractivity contribution in [3.63, 3.8) is 0 Å². The molecule has 1 heterocycles. The topological polar surface area (TPSA) is 83.6 Å². The summed E-state index contributed by atoms with van der Waals surface area (Å²) in [4.78, 5) is 23.9. The van der Waals surface area contributed by atoms with Crippen LogP contribution in [0.4, 0.5) is 10.1 Å². The van der Waals surface area contributed by atoms with Gasteiger partial charge >= 0.3 is 0 Å². The number of hydrogen-bond acceptors (Lipinski definition) is 3. The number of benzene rings is 1. The van der Waals surface area contributed by atoms with Crippen LogP contribution < -0.4 is 10.6 Å². The number of aromatic hydroxyl groups is 1. The number of phenols is 1. The van der Waals surface area contributed by atoms with Crippen molar-refractivity contribution in [1.82, 2.24) is 0 Å². The first-order valence-electron chi connectivity index (χ1n) is 5.07. The average molecular weight is 238 g/mol. The second kappa shape index (κ2) is 4.04. The molecule has 1 saturated heterocycles. The molecule has 0 radical (unpaired) electrons. The van der Waals surface area contributed by atoms with E-state index < -0.39 is 23.4 Å². The van der Waals surface area contributed by atoms with E-state index in [4.69, 9.17) is 10.8 Å². The first kappa shape index (κ1) is 11.4. The first-order valence-corrected chi connectivity index (χ1v) is 5.07. The molecule has 0 saturated carbocycles. The van der Waals surface area contributed by atoms with Crippen LogP contribution in [0, 0.1) is 11.7 Å². The minimum Gasteiger partial charge on any atom is -0.505 e. The smallest absolute Gasteiger partial charge is 0.227 e. The second-order valence-corrected chi connectivity index (χ2v) is 3.94. The van der Waals surface area contributed by atoms with Crippen molar-refractivity contribution in [3.05, 3.63) is 24.0 Å². The molecule has 5 nitrogen and oxygen atoms in total. The lowest BCUT2D eigenvalue weighted by molar-refractivity contribution is -0.123. The summed E-state index contributed by atoms with van der Waals surface area (Å²) in [5.41, 5.74) is 5.44. The molecule has 1 fully saturated rings. The summed E-state index contributed by atoms with van der Waals surface area (Å²) in [5.74, 6) is -2.65. The number of primary amides is 1. The van der Waals surface area contributed by atoms with Crippen LogP contribution in [-0.2, 0) is 9.59 Å². The number of hydrogen-bond donors (Lipinski definition) is 2. The zero-order chi connectivity index (χ0) is 12.6. The van der Waals surface area contributed by atoms with Crippen molar-refractivity contribution in [3.8, 4) is 5.75 Å². The van der Waals surface area contributed by atoms with Gasteiger partial charge in [-0.05, 0) is 12.1 Å². The third kappa shape index (κ3) is 2.06. The summed E-state index contributed by atoms with van der Waals surface area (Å²) in [6.07, 6.45) is 0.0395. The Balaban J connectivity index is 2.26. The van der Waals surface area contributed by atoms with Crippen LogP contribution in [0.1, 0.15) is 6.42 Å². The Morgan fingerprint density at radius 3 is 2.76 bits per heavy atom. The van der Waals surface area contributed by atoms with Gasteiger partial charge in [0.05, 0.1) is 5.92 Å². The molecule has 0 spiro atoms. The number of nitrogens with zero attached hydrogens (tertiary/aromatic N) is 1. The number of phenolic OH excluding ortho intramolecular Hbond substituents is 1. The number of nitrogens with two attached hydrogens (primary N) is 1. The normalized spacial score (nSPS) is 19.7. The minimum atomic E-state index is -0.808. The van der Waals surface area contributed by atoms with Gasteiger partial charge in [0.1, 0.15) is 0 Å². The van der Waals surface area contributed by atoms with Crippen molar-refractivity contribution >= 4 is 17.5 Å². The lowest BCUT2D eigenvalue weighted by Crippen LogP contribution is -2.28. The van der Waals surface area contributed by atoms with E-state index in [2.05, 4.69) is 0 Å². The molecule has 1 aliphatic rings. The molecule has 2 rings (SSSR count). The van der Waals surface area contributed by atoms with Crippen LogP contribution >= 0.6 is 0 Å². The first-order chi connectivity index (χ1) is 7.99. The van der Waals surface area contributed by atoms with E-state index in [1.54, 1.807) is 0 Å². The average Bonchev–Trinajstić information content (AvgIpc) is 2.65. The zero-order valence-electron chi connectivity index (χ0n) is 8.89. The molecule has 90 valence electrons. The van der Waals surface area contributed by atoms with Crippen molar-refractivity contribution in [2.45, 2.75) is 6.42 Å². The highest BCUT2D eigenvalue weighted by Crippen LogP contribution is 2.28. The Labute approximate surface area is 96.6 Å². The Hall–Kier alpha value is -2.11. The van der Waals surface area contributed by atoms with E-state index >= 15 is 0 Å². The van der Waals surface area contributed by atoms with E-state index in [1.165, 1.54) is 11.0 Å². The van der Waals surface area contributed by atoms with E-state index in [1.807, 2.05) is 0 Å². The maximum atomic E-state index is 13.1. The molecular weight excluding hydrogens is 227 g/mol. The molecule has 3 N–H and O–H groups in total. The third-order valence-electron chi connectivity index (χ3n) is 2.77. The van der Waals surface area contributed by atoms with Crippen LogP contribution in [0.5, 0.6) is 5.75 Å². The fourth-order valence-electron chi connectivity index (χ4n) is 1.81. The van der Waals surface area contributed by atoms with E-state index in [-0.39, 0.29) is 18.9 Å². The summed E-state index contributed by atoms with van der Waals surface area (Å²) >= 11 is 0. The van der Waals surface area contributed by atoms with E-state index in [9.17, 15) is 14.0 Å². The molecule has 0 bridgehead atoms. The molecular formula is C11H11FN2O3. The molecule has 6 heteroatoms. The van der Waals surface area contributed by atoms with Gasteiger partial charge in [-0.25, -0.2) is 4.39 Å². The largest absolute Gasteiger partial charge is 0.505 e. The quantitative estimate of drug-likeness (QED) is 0.780. The summed E-state index contributed by atoms with van der Waals surface area (Å²) in [6.45, 7) is 0.151. The summed E-state index contributed by atoms with van der Waals surface area (Å²) in [7, 11) is 0.